The molecule has 1 heterocycles. The van der Waals surface area contributed by atoms with Gasteiger partial charge in [0.2, 0.25) is 11.0 Å². The zero-order chi connectivity index (χ0) is 13.5. The van der Waals surface area contributed by atoms with Crippen LogP contribution in [0.3, 0.4) is 0 Å². The van der Waals surface area contributed by atoms with E-state index in [4.69, 9.17) is 0 Å². The summed E-state index contributed by atoms with van der Waals surface area (Å²) in [6.45, 7) is 5.88. The highest BCUT2D eigenvalue weighted by atomic mass is 32.1. The van der Waals surface area contributed by atoms with E-state index in [0.29, 0.717) is 19.0 Å². The predicted molar refractivity (Wildman–Crippen MR) is 73.6 cm³/mol. The summed E-state index contributed by atoms with van der Waals surface area (Å²) < 4.78 is 0. The van der Waals surface area contributed by atoms with Gasteiger partial charge in [0, 0.05) is 13.6 Å². The molecule has 18 heavy (non-hydrogen) atoms. The molecule has 1 aromatic heterocycles. The van der Waals surface area contributed by atoms with E-state index >= 15 is 0 Å². The molecule has 6 nitrogen and oxygen atoms in total. The highest BCUT2D eigenvalue weighted by Gasteiger charge is 2.10. The Morgan fingerprint density at radius 3 is 2.72 bits per heavy atom. The lowest BCUT2D eigenvalue weighted by Crippen LogP contribution is -2.36. The molecule has 0 aliphatic carbocycles. The van der Waals surface area contributed by atoms with Gasteiger partial charge in [-0.05, 0) is 13.0 Å². The molecule has 0 saturated carbocycles. The first kappa shape index (κ1) is 14.8. The molecule has 2 N–H and O–H groups in total. The van der Waals surface area contributed by atoms with Crippen LogP contribution < -0.4 is 10.6 Å². The Morgan fingerprint density at radius 1 is 1.44 bits per heavy atom. The van der Waals surface area contributed by atoms with Gasteiger partial charge in [-0.25, -0.2) is 0 Å². The molecular weight excluding hydrogens is 250 g/mol. The third-order valence-electron chi connectivity index (χ3n) is 2.21. The van der Waals surface area contributed by atoms with Crippen LogP contribution in [0.2, 0.25) is 0 Å². The standard InChI is InChI=1S/C11H21N5OS/c1-8(2)5-13-9(17)6-16(4)7-10-14-15-11(12-3)18-10/h8H,5-7H2,1-4H3,(H,12,15)(H,13,17). The van der Waals surface area contributed by atoms with Gasteiger partial charge >= 0.3 is 0 Å². The fourth-order valence-corrected chi connectivity index (χ4v) is 2.10. The molecule has 0 aliphatic heterocycles. The third-order valence-corrected chi connectivity index (χ3v) is 3.13. The summed E-state index contributed by atoms with van der Waals surface area (Å²) >= 11 is 1.50. The average Bonchev–Trinajstić information content (AvgIpc) is 2.73. The number of anilines is 1. The van der Waals surface area contributed by atoms with E-state index in [1.807, 2.05) is 19.0 Å². The van der Waals surface area contributed by atoms with Crippen molar-refractivity contribution >= 4 is 22.4 Å². The Kier molecular flexibility index (Phi) is 6.00. The average molecular weight is 271 g/mol. The number of carbonyl (C=O) groups excluding carboxylic acids is 1. The maximum atomic E-state index is 11.6. The first-order valence-electron chi connectivity index (χ1n) is 5.96. The van der Waals surface area contributed by atoms with Gasteiger partial charge in [0.15, 0.2) is 0 Å². The number of hydrogen-bond donors (Lipinski definition) is 2. The number of nitrogens with zero attached hydrogens (tertiary/aromatic N) is 3. The van der Waals surface area contributed by atoms with Crippen LogP contribution in [-0.4, -0.2) is 48.2 Å². The minimum absolute atomic E-state index is 0.0459. The van der Waals surface area contributed by atoms with Crippen molar-refractivity contribution in [2.75, 3.05) is 32.5 Å². The lowest BCUT2D eigenvalue weighted by Gasteiger charge is -2.15. The maximum absolute atomic E-state index is 11.6. The first-order valence-corrected chi connectivity index (χ1v) is 6.78. The summed E-state index contributed by atoms with van der Waals surface area (Å²) in [6, 6.07) is 0. The largest absolute Gasteiger partial charge is 0.363 e. The molecule has 0 spiro atoms. The molecule has 7 heteroatoms. The normalized spacial score (nSPS) is 11.0. The summed E-state index contributed by atoms with van der Waals surface area (Å²) in [6.07, 6.45) is 0. The van der Waals surface area contributed by atoms with Crippen LogP contribution in [0.4, 0.5) is 5.13 Å². The minimum Gasteiger partial charge on any atom is -0.363 e. The quantitative estimate of drug-likeness (QED) is 0.767. The summed E-state index contributed by atoms with van der Waals surface area (Å²) in [7, 11) is 3.71. The Labute approximate surface area is 112 Å². The van der Waals surface area contributed by atoms with Crippen LogP contribution in [0, 0.1) is 5.92 Å². The zero-order valence-electron chi connectivity index (χ0n) is 11.4. The number of likely N-dealkylation sites (N-methyl/N-ethyl adjacent to an activating group) is 1. The molecule has 1 rings (SSSR count). The van der Waals surface area contributed by atoms with E-state index in [1.165, 1.54) is 11.3 Å². The second kappa shape index (κ2) is 7.27. The SMILES string of the molecule is CNc1nnc(CN(C)CC(=O)NCC(C)C)s1. The molecule has 1 aromatic rings. The van der Waals surface area contributed by atoms with Crippen molar-refractivity contribution in [2.24, 2.45) is 5.92 Å². The predicted octanol–water partition coefficient (Wildman–Crippen LogP) is 0.784. The first-order chi connectivity index (χ1) is 8.51. The Bertz CT molecular complexity index is 379. The van der Waals surface area contributed by atoms with Gasteiger partial charge in [-0.2, -0.15) is 0 Å². The molecule has 0 atom stereocenters. The van der Waals surface area contributed by atoms with E-state index in [-0.39, 0.29) is 5.91 Å². The minimum atomic E-state index is 0.0459. The highest BCUT2D eigenvalue weighted by molar-refractivity contribution is 7.15. The molecule has 0 unspecified atom stereocenters. The van der Waals surface area contributed by atoms with Gasteiger partial charge < -0.3 is 10.6 Å². The third kappa shape index (κ3) is 5.42. The van der Waals surface area contributed by atoms with E-state index in [2.05, 4.69) is 34.7 Å². The molecule has 0 radical (unpaired) electrons. The van der Waals surface area contributed by atoms with Gasteiger partial charge in [0.1, 0.15) is 5.01 Å². The number of amides is 1. The number of nitrogens with one attached hydrogen (secondary N) is 2. The Morgan fingerprint density at radius 2 is 2.17 bits per heavy atom. The van der Waals surface area contributed by atoms with Gasteiger partial charge in [-0.3, -0.25) is 9.69 Å². The van der Waals surface area contributed by atoms with Gasteiger partial charge in [0.25, 0.3) is 0 Å². The maximum Gasteiger partial charge on any atom is 0.234 e. The topological polar surface area (TPSA) is 70.2 Å². The molecule has 0 aliphatic rings. The zero-order valence-corrected chi connectivity index (χ0v) is 12.2. The van der Waals surface area contributed by atoms with Crippen molar-refractivity contribution in [1.82, 2.24) is 20.4 Å². The van der Waals surface area contributed by atoms with Gasteiger partial charge in [0.05, 0.1) is 13.1 Å². The van der Waals surface area contributed by atoms with Crippen molar-refractivity contribution in [3.05, 3.63) is 5.01 Å². The number of rotatable bonds is 7. The lowest BCUT2D eigenvalue weighted by molar-refractivity contribution is -0.122. The fraction of sp³-hybridized carbons (Fsp3) is 0.727. The molecule has 1 amide bonds. The van der Waals surface area contributed by atoms with E-state index in [1.54, 1.807) is 0 Å². The van der Waals surface area contributed by atoms with E-state index in [0.717, 1.165) is 16.7 Å². The second-order valence-corrected chi connectivity index (χ2v) is 5.68. The van der Waals surface area contributed by atoms with Gasteiger partial charge in [-0.1, -0.05) is 25.2 Å². The van der Waals surface area contributed by atoms with Crippen molar-refractivity contribution in [1.29, 1.82) is 0 Å². The molecule has 0 aromatic carbocycles. The Hall–Kier alpha value is -1.21. The smallest absolute Gasteiger partial charge is 0.234 e. The van der Waals surface area contributed by atoms with Crippen molar-refractivity contribution in [3.8, 4) is 0 Å². The second-order valence-electron chi connectivity index (χ2n) is 4.62. The van der Waals surface area contributed by atoms with Crippen LogP contribution in [-0.2, 0) is 11.3 Å². The number of carbonyl (C=O) groups is 1. The molecule has 0 saturated heterocycles. The summed E-state index contributed by atoms with van der Waals surface area (Å²) in [5.41, 5.74) is 0. The van der Waals surface area contributed by atoms with Crippen molar-refractivity contribution in [3.63, 3.8) is 0 Å². The van der Waals surface area contributed by atoms with Crippen LogP contribution in [0.25, 0.3) is 0 Å². The van der Waals surface area contributed by atoms with Crippen molar-refractivity contribution in [2.45, 2.75) is 20.4 Å². The lowest BCUT2D eigenvalue weighted by atomic mass is 10.2. The number of hydrogen-bond acceptors (Lipinski definition) is 6. The number of aromatic nitrogens is 2. The van der Waals surface area contributed by atoms with Crippen LogP contribution in [0.5, 0.6) is 0 Å². The van der Waals surface area contributed by atoms with Gasteiger partial charge in [-0.15, -0.1) is 10.2 Å². The summed E-state index contributed by atoms with van der Waals surface area (Å²) in [4.78, 5) is 13.5. The highest BCUT2D eigenvalue weighted by Crippen LogP contribution is 2.15. The van der Waals surface area contributed by atoms with E-state index in [9.17, 15) is 4.79 Å². The molecular formula is C11H21N5OS. The van der Waals surface area contributed by atoms with Crippen LogP contribution in [0.15, 0.2) is 0 Å². The summed E-state index contributed by atoms with van der Waals surface area (Å²) in [5.74, 6) is 0.519. The molecule has 102 valence electrons. The van der Waals surface area contributed by atoms with Crippen LogP contribution in [0.1, 0.15) is 18.9 Å². The van der Waals surface area contributed by atoms with Crippen LogP contribution >= 0.6 is 11.3 Å². The van der Waals surface area contributed by atoms with E-state index < -0.39 is 0 Å². The monoisotopic (exact) mass is 271 g/mol. The fourth-order valence-electron chi connectivity index (χ4n) is 1.32. The molecule has 0 bridgehead atoms. The molecule has 0 fully saturated rings. The van der Waals surface area contributed by atoms with Crippen molar-refractivity contribution < 1.29 is 4.79 Å². The summed E-state index contributed by atoms with van der Waals surface area (Å²) in [5, 5.41) is 15.5. The Balaban J connectivity index is 2.32.